The first-order chi connectivity index (χ1) is 14.0. The van der Waals surface area contributed by atoms with Crippen LogP contribution in [0.3, 0.4) is 0 Å². The highest BCUT2D eigenvalue weighted by molar-refractivity contribution is 5.89. The Labute approximate surface area is 169 Å². The second kappa shape index (κ2) is 8.20. The summed E-state index contributed by atoms with van der Waals surface area (Å²) in [5.41, 5.74) is 1.58. The van der Waals surface area contributed by atoms with Crippen molar-refractivity contribution in [2.75, 3.05) is 18.4 Å². The van der Waals surface area contributed by atoms with Crippen molar-refractivity contribution in [3.8, 4) is 11.4 Å². The van der Waals surface area contributed by atoms with Gasteiger partial charge >= 0.3 is 12.0 Å². The van der Waals surface area contributed by atoms with Crippen LogP contribution >= 0.6 is 0 Å². The first kappa shape index (κ1) is 19.4. The average molecular weight is 398 g/mol. The van der Waals surface area contributed by atoms with Crippen molar-refractivity contribution in [1.82, 2.24) is 25.0 Å². The fraction of sp³-hybridized carbons (Fsp3) is 0.500. The summed E-state index contributed by atoms with van der Waals surface area (Å²) in [7, 11) is 1.81. The number of anilines is 1. The zero-order valence-electron chi connectivity index (χ0n) is 16.4. The van der Waals surface area contributed by atoms with Gasteiger partial charge in [0, 0.05) is 36.9 Å². The summed E-state index contributed by atoms with van der Waals surface area (Å²) >= 11 is 0. The molecule has 2 aliphatic rings. The van der Waals surface area contributed by atoms with E-state index in [1.165, 1.54) is 12.8 Å². The van der Waals surface area contributed by atoms with Crippen LogP contribution in [0.25, 0.3) is 11.4 Å². The predicted octanol–water partition coefficient (Wildman–Crippen LogP) is 1.93. The molecule has 2 saturated carbocycles. The Morgan fingerprint density at radius 2 is 1.97 bits per heavy atom. The van der Waals surface area contributed by atoms with Crippen molar-refractivity contribution >= 4 is 17.7 Å². The second-order valence-electron chi connectivity index (χ2n) is 8.01. The van der Waals surface area contributed by atoms with Crippen LogP contribution < -0.4 is 10.6 Å². The van der Waals surface area contributed by atoms with E-state index >= 15 is 0 Å². The third-order valence-electron chi connectivity index (χ3n) is 5.49. The predicted molar refractivity (Wildman–Crippen MR) is 107 cm³/mol. The van der Waals surface area contributed by atoms with Crippen LogP contribution in [0.1, 0.15) is 25.7 Å². The van der Waals surface area contributed by atoms with Crippen LogP contribution in [0, 0.1) is 5.92 Å². The van der Waals surface area contributed by atoms with Crippen molar-refractivity contribution in [1.29, 1.82) is 0 Å². The van der Waals surface area contributed by atoms with Crippen molar-refractivity contribution in [2.45, 2.75) is 37.8 Å². The first-order valence-corrected chi connectivity index (χ1v) is 9.95. The highest BCUT2D eigenvalue weighted by Gasteiger charge is 2.37. The maximum absolute atomic E-state index is 12.3. The van der Waals surface area contributed by atoms with Gasteiger partial charge in [0.15, 0.2) is 5.82 Å². The maximum atomic E-state index is 12.3. The third-order valence-corrected chi connectivity index (χ3v) is 5.49. The SMILES string of the molecule is Cn1cnc(-c2ccc(NC(=O)NC3CC(N(CC(=O)O)CC4CC4)C3)cc2)n1. The van der Waals surface area contributed by atoms with Gasteiger partial charge in [-0.2, -0.15) is 5.10 Å². The molecule has 0 bridgehead atoms. The Balaban J connectivity index is 1.23. The lowest BCUT2D eigenvalue weighted by molar-refractivity contribution is -0.139. The molecule has 0 aliphatic heterocycles. The van der Waals surface area contributed by atoms with Gasteiger partial charge in [-0.15, -0.1) is 0 Å². The number of aryl methyl sites for hydroxylation is 1. The molecule has 2 amide bonds. The molecule has 2 aliphatic carbocycles. The topological polar surface area (TPSA) is 112 Å². The lowest BCUT2D eigenvalue weighted by Gasteiger charge is -2.42. The number of carboxylic acids is 1. The van der Waals surface area contributed by atoms with Crippen LogP contribution in [0.5, 0.6) is 0 Å². The molecule has 9 heteroatoms. The van der Waals surface area contributed by atoms with Gasteiger partial charge < -0.3 is 15.7 Å². The average Bonchev–Trinajstić information content (AvgIpc) is 3.35. The number of carbonyl (C=O) groups is 2. The van der Waals surface area contributed by atoms with Gasteiger partial charge in [0.05, 0.1) is 6.54 Å². The first-order valence-electron chi connectivity index (χ1n) is 9.95. The zero-order valence-corrected chi connectivity index (χ0v) is 16.4. The molecule has 2 aromatic rings. The van der Waals surface area contributed by atoms with E-state index in [1.807, 2.05) is 31.3 Å². The lowest BCUT2D eigenvalue weighted by atomic mass is 9.85. The fourth-order valence-corrected chi connectivity index (χ4v) is 3.68. The number of rotatable bonds is 8. The molecule has 29 heavy (non-hydrogen) atoms. The summed E-state index contributed by atoms with van der Waals surface area (Å²) in [5, 5.41) is 19.2. The van der Waals surface area contributed by atoms with Gasteiger partial charge in [0.2, 0.25) is 0 Å². The highest BCUT2D eigenvalue weighted by atomic mass is 16.4. The Hall–Kier alpha value is -2.94. The molecule has 0 radical (unpaired) electrons. The normalized spacial score (nSPS) is 20.9. The van der Waals surface area contributed by atoms with Gasteiger partial charge in [-0.1, -0.05) is 0 Å². The van der Waals surface area contributed by atoms with Crippen LogP contribution in [-0.2, 0) is 11.8 Å². The maximum Gasteiger partial charge on any atom is 0.319 e. The Morgan fingerprint density at radius 3 is 2.55 bits per heavy atom. The largest absolute Gasteiger partial charge is 0.480 e. The molecule has 0 unspecified atom stereocenters. The summed E-state index contributed by atoms with van der Waals surface area (Å²) in [5.74, 6) is 0.499. The molecular formula is C20H26N6O3. The van der Waals surface area contributed by atoms with Gasteiger partial charge in [-0.3, -0.25) is 14.4 Å². The molecule has 9 nitrogen and oxygen atoms in total. The number of nitrogens with one attached hydrogen (secondary N) is 2. The number of carboxylic acid groups (broad SMARTS) is 1. The molecule has 1 aromatic heterocycles. The van der Waals surface area contributed by atoms with E-state index in [0.29, 0.717) is 17.4 Å². The highest BCUT2D eigenvalue weighted by Crippen LogP contribution is 2.33. The van der Waals surface area contributed by atoms with Crippen molar-refractivity contribution in [3.63, 3.8) is 0 Å². The number of hydrogen-bond acceptors (Lipinski definition) is 5. The van der Waals surface area contributed by atoms with Gasteiger partial charge in [0.25, 0.3) is 0 Å². The van der Waals surface area contributed by atoms with Crippen LogP contribution in [0.15, 0.2) is 30.6 Å². The molecule has 1 aromatic carbocycles. The van der Waals surface area contributed by atoms with E-state index < -0.39 is 5.97 Å². The molecule has 0 atom stereocenters. The van der Waals surface area contributed by atoms with Crippen molar-refractivity contribution < 1.29 is 14.7 Å². The zero-order chi connectivity index (χ0) is 20.4. The molecule has 1 heterocycles. The van der Waals surface area contributed by atoms with E-state index in [0.717, 1.165) is 24.9 Å². The molecule has 3 N–H and O–H groups in total. The number of amides is 2. The number of carbonyl (C=O) groups excluding carboxylic acids is 1. The van der Waals surface area contributed by atoms with E-state index in [1.54, 1.807) is 11.0 Å². The third kappa shape index (κ3) is 5.11. The smallest absolute Gasteiger partial charge is 0.319 e. The number of aliphatic carboxylic acids is 1. The quantitative estimate of drug-likeness (QED) is 0.626. The number of hydrogen-bond donors (Lipinski definition) is 3. The fourth-order valence-electron chi connectivity index (χ4n) is 3.68. The summed E-state index contributed by atoms with van der Waals surface area (Å²) in [4.78, 5) is 29.6. The number of aromatic nitrogens is 3. The lowest BCUT2D eigenvalue weighted by Crippen LogP contribution is -2.55. The van der Waals surface area contributed by atoms with Crippen LogP contribution in [-0.4, -0.2) is 61.9 Å². The minimum atomic E-state index is -0.788. The number of nitrogens with zero attached hydrogens (tertiary/aromatic N) is 4. The van der Waals surface area contributed by atoms with E-state index in [2.05, 4.69) is 25.6 Å². The number of urea groups is 1. The van der Waals surface area contributed by atoms with Gasteiger partial charge in [-0.25, -0.2) is 9.78 Å². The second-order valence-corrected chi connectivity index (χ2v) is 8.01. The molecule has 4 rings (SSSR count). The monoisotopic (exact) mass is 398 g/mol. The summed E-state index contributed by atoms with van der Waals surface area (Å²) < 4.78 is 1.64. The summed E-state index contributed by atoms with van der Waals surface area (Å²) in [6.07, 6.45) is 5.61. The van der Waals surface area contributed by atoms with E-state index in [4.69, 9.17) is 5.11 Å². The number of benzene rings is 1. The van der Waals surface area contributed by atoms with Crippen LogP contribution in [0.2, 0.25) is 0 Å². The summed E-state index contributed by atoms with van der Waals surface area (Å²) in [6, 6.07) is 7.44. The Kier molecular flexibility index (Phi) is 5.48. The van der Waals surface area contributed by atoms with E-state index in [-0.39, 0.29) is 24.7 Å². The Bertz CT molecular complexity index is 871. The molecule has 0 spiro atoms. The minimum absolute atomic E-state index is 0.0764. The molecule has 0 saturated heterocycles. The standard InChI is InChI=1S/C20H26N6O3/c1-25-12-21-19(24-25)14-4-6-15(7-5-14)22-20(29)23-16-8-17(9-16)26(11-18(27)28)10-13-2-3-13/h4-7,12-13,16-17H,2-3,8-11H2,1H3,(H,27,28)(H2,22,23,29). The molecular weight excluding hydrogens is 372 g/mol. The minimum Gasteiger partial charge on any atom is -0.480 e. The molecule has 154 valence electrons. The van der Waals surface area contributed by atoms with Gasteiger partial charge in [-0.05, 0) is 55.9 Å². The van der Waals surface area contributed by atoms with Crippen molar-refractivity contribution in [2.24, 2.45) is 13.0 Å². The van der Waals surface area contributed by atoms with Crippen molar-refractivity contribution in [3.05, 3.63) is 30.6 Å². The Morgan fingerprint density at radius 1 is 1.24 bits per heavy atom. The molecule has 2 fully saturated rings. The summed E-state index contributed by atoms with van der Waals surface area (Å²) in [6.45, 7) is 0.935. The van der Waals surface area contributed by atoms with Gasteiger partial charge in [0.1, 0.15) is 6.33 Å². The van der Waals surface area contributed by atoms with Crippen LogP contribution in [0.4, 0.5) is 10.5 Å². The van der Waals surface area contributed by atoms with E-state index in [9.17, 15) is 9.59 Å².